The Morgan fingerprint density at radius 3 is 2.88 bits per heavy atom. The number of anilines is 2. The van der Waals surface area contributed by atoms with Crippen molar-refractivity contribution in [3.8, 4) is 0 Å². The number of nitrogens with zero attached hydrogens (tertiary/aromatic N) is 2. The van der Waals surface area contributed by atoms with Gasteiger partial charge in [-0.1, -0.05) is 27.5 Å². The molecule has 0 saturated carbocycles. The van der Waals surface area contributed by atoms with Crippen LogP contribution in [0.2, 0.25) is 5.15 Å². The summed E-state index contributed by atoms with van der Waals surface area (Å²) in [6.07, 6.45) is 2.87. The van der Waals surface area contributed by atoms with Gasteiger partial charge in [-0.3, -0.25) is 4.98 Å². The summed E-state index contributed by atoms with van der Waals surface area (Å²) in [6.45, 7) is 0. The predicted molar refractivity (Wildman–Crippen MR) is 64.4 cm³/mol. The molecule has 0 aliphatic heterocycles. The third-order valence-corrected chi connectivity index (χ3v) is 2.47. The van der Waals surface area contributed by atoms with Crippen molar-refractivity contribution in [2.45, 2.75) is 0 Å². The van der Waals surface area contributed by atoms with Gasteiger partial charge in [-0.05, 0) is 18.2 Å². The smallest absolute Gasteiger partial charge is 0.150 e. The molecule has 82 valence electrons. The lowest BCUT2D eigenvalue weighted by Gasteiger charge is -2.06. The first kappa shape index (κ1) is 11.3. The highest BCUT2D eigenvalue weighted by Crippen LogP contribution is 2.23. The second-order valence-electron chi connectivity index (χ2n) is 2.98. The second kappa shape index (κ2) is 4.76. The molecule has 6 heteroatoms. The van der Waals surface area contributed by atoms with Gasteiger partial charge < -0.3 is 5.32 Å². The lowest BCUT2D eigenvalue weighted by atomic mass is 10.3. The molecule has 0 atom stereocenters. The van der Waals surface area contributed by atoms with Crippen LogP contribution in [0.5, 0.6) is 0 Å². The molecule has 2 rings (SSSR count). The van der Waals surface area contributed by atoms with Crippen LogP contribution in [-0.2, 0) is 0 Å². The van der Waals surface area contributed by atoms with E-state index in [1.54, 1.807) is 12.1 Å². The zero-order chi connectivity index (χ0) is 11.5. The Kier molecular flexibility index (Phi) is 3.36. The van der Waals surface area contributed by atoms with Crippen LogP contribution in [0.1, 0.15) is 0 Å². The maximum atomic E-state index is 13.4. The van der Waals surface area contributed by atoms with Crippen LogP contribution in [0.25, 0.3) is 0 Å². The highest BCUT2D eigenvalue weighted by molar-refractivity contribution is 9.10. The van der Waals surface area contributed by atoms with Crippen LogP contribution >= 0.6 is 27.5 Å². The van der Waals surface area contributed by atoms with Crippen molar-refractivity contribution in [2.24, 2.45) is 0 Å². The Morgan fingerprint density at radius 2 is 2.12 bits per heavy atom. The summed E-state index contributed by atoms with van der Waals surface area (Å²) in [4.78, 5) is 7.79. The van der Waals surface area contributed by atoms with E-state index in [0.717, 1.165) is 4.47 Å². The summed E-state index contributed by atoms with van der Waals surface area (Å²) < 4.78 is 14.2. The van der Waals surface area contributed by atoms with E-state index in [-0.39, 0.29) is 11.0 Å². The minimum Gasteiger partial charge on any atom is -0.336 e. The molecule has 0 unspecified atom stereocenters. The topological polar surface area (TPSA) is 37.8 Å². The zero-order valence-electron chi connectivity index (χ0n) is 7.92. The van der Waals surface area contributed by atoms with Crippen LogP contribution in [0.4, 0.5) is 15.9 Å². The Morgan fingerprint density at radius 1 is 1.31 bits per heavy atom. The fourth-order valence-electron chi connectivity index (χ4n) is 1.13. The van der Waals surface area contributed by atoms with Crippen molar-refractivity contribution in [1.29, 1.82) is 0 Å². The van der Waals surface area contributed by atoms with Crippen LogP contribution in [-0.4, -0.2) is 9.97 Å². The van der Waals surface area contributed by atoms with E-state index in [1.165, 1.54) is 18.5 Å². The van der Waals surface area contributed by atoms with Crippen LogP contribution in [0, 0.1) is 5.82 Å². The van der Waals surface area contributed by atoms with Crippen molar-refractivity contribution in [2.75, 3.05) is 5.32 Å². The first-order chi connectivity index (χ1) is 7.65. The lowest BCUT2D eigenvalue weighted by Crippen LogP contribution is -1.97. The van der Waals surface area contributed by atoms with E-state index < -0.39 is 0 Å². The van der Waals surface area contributed by atoms with Gasteiger partial charge in [0.15, 0.2) is 5.82 Å². The van der Waals surface area contributed by atoms with Crippen molar-refractivity contribution < 1.29 is 4.39 Å². The van der Waals surface area contributed by atoms with Crippen molar-refractivity contribution in [1.82, 2.24) is 9.97 Å². The summed E-state index contributed by atoms with van der Waals surface area (Å²) in [5.41, 5.74) is 0.311. The molecule has 0 radical (unpaired) electrons. The minimum atomic E-state index is -0.370. The molecular weight excluding hydrogens is 296 g/mol. The van der Waals surface area contributed by atoms with Crippen molar-refractivity contribution >= 4 is 39.0 Å². The summed E-state index contributed by atoms with van der Waals surface area (Å²) in [7, 11) is 0. The van der Waals surface area contributed by atoms with Gasteiger partial charge in [-0.2, -0.15) is 0 Å². The normalized spacial score (nSPS) is 10.2. The molecule has 1 heterocycles. The molecular formula is C10H6BrClFN3. The first-order valence-corrected chi connectivity index (χ1v) is 5.52. The number of nitrogens with one attached hydrogen (secondary N) is 1. The number of halogens is 3. The highest BCUT2D eigenvalue weighted by atomic mass is 79.9. The monoisotopic (exact) mass is 301 g/mol. The predicted octanol–water partition coefficient (Wildman–Crippen LogP) is 3.78. The van der Waals surface area contributed by atoms with Crippen molar-refractivity contribution in [3.63, 3.8) is 0 Å². The molecule has 0 aliphatic rings. The molecule has 0 aliphatic carbocycles. The fourth-order valence-corrected chi connectivity index (χ4v) is 1.64. The van der Waals surface area contributed by atoms with Gasteiger partial charge in [0.1, 0.15) is 11.0 Å². The fraction of sp³-hybridized carbons (Fsp3) is 0. The lowest BCUT2D eigenvalue weighted by molar-refractivity contribution is 0.631. The highest BCUT2D eigenvalue weighted by Gasteiger charge is 2.04. The maximum absolute atomic E-state index is 13.4. The molecule has 0 bridgehead atoms. The largest absolute Gasteiger partial charge is 0.336 e. The third-order valence-electron chi connectivity index (χ3n) is 1.80. The Bertz CT molecular complexity index is 521. The first-order valence-electron chi connectivity index (χ1n) is 4.35. The Balaban J connectivity index is 2.30. The summed E-state index contributed by atoms with van der Waals surface area (Å²) in [5.74, 6) is 0.0227. The van der Waals surface area contributed by atoms with Gasteiger partial charge in [0.05, 0.1) is 18.1 Å². The summed E-state index contributed by atoms with van der Waals surface area (Å²) >= 11 is 8.92. The van der Waals surface area contributed by atoms with Crippen molar-refractivity contribution in [3.05, 3.63) is 46.0 Å². The summed E-state index contributed by atoms with van der Waals surface area (Å²) in [6, 6.07) is 4.58. The second-order valence-corrected chi connectivity index (χ2v) is 4.28. The number of rotatable bonds is 2. The van der Waals surface area contributed by atoms with E-state index in [2.05, 4.69) is 31.2 Å². The molecule has 0 amide bonds. The van der Waals surface area contributed by atoms with Gasteiger partial charge in [0, 0.05) is 4.47 Å². The van der Waals surface area contributed by atoms with Crippen LogP contribution in [0.3, 0.4) is 0 Å². The molecule has 0 fully saturated rings. The number of aromatic nitrogens is 2. The molecule has 3 nitrogen and oxygen atoms in total. The molecule has 2 aromatic rings. The zero-order valence-corrected chi connectivity index (χ0v) is 10.3. The molecule has 1 N–H and O–H groups in total. The van der Waals surface area contributed by atoms with E-state index in [0.29, 0.717) is 11.5 Å². The molecule has 1 aromatic heterocycles. The third kappa shape index (κ3) is 2.68. The number of benzene rings is 1. The SMILES string of the molecule is Fc1ccc(Br)cc1Nc1cncc(Cl)n1. The quantitative estimate of drug-likeness (QED) is 0.917. The Labute approximate surface area is 105 Å². The van der Waals surface area contributed by atoms with E-state index in [9.17, 15) is 4.39 Å². The minimum absolute atomic E-state index is 0.250. The molecule has 1 aromatic carbocycles. The molecule has 0 saturated heterocycles. The molecule has 0 spiro atoms. The average molecular weight is 303 g/mol. The summed E-state index contributed by atoms with van der Waals surface area (Å²) in [5, 5.41) is 3.04. The van der Waals surface area contributed by atoms with Gasteiger partial charge in [0.25, 0.3) is 0 Å². The number of hydrogen-bond donors (Lipinski definition) is 1. The standard InChI is InChI=1S/C10H6BrClFN3/c11-6-1-2-7(13)8(3-6)15-10-5-14-4-9(12)16-10/h1-5H,(H,15,16). The average Bonchev–Trinajstić information content (AvgIpc) is 2.24. The van der Waals surface area contributed by atoms with E-state index in [1.807, 2.05) is 0 Å². The van der Waals surface area contributed by atoms with Gasteiger partial charge in [0.2, 0.25) is 0 Å². The van der Waals surface area contributed by atoms with Gasteiger partial charge in [-0.25, -0.2) is 9.37 Å². The molecule has 16 heavy (non-hydrogen) atoms. The number of hydrogen-bond acceptors (Lipinski definition) is 3. The van der Waals surface area contributed by atoms with E-state index >= 15 is 0 Å². The van der Waals surface area contributed by atoms with Crippen LogP contribution in [0.15, 0.2) is 35.1 Å². The van der Waals surface area contributed by atoms with Gasteiger partial charge in [-0.15, -0.1) is 0 Å². The Hall–Kier alpha value is -1.20. The van der Waals surface area contributed by atoms with Crippen LogP contribution < -0.4 is 5.32 Å². The maximum Gasteiger partial charge on any atom is 0.150 e. The van der Waals surface area contributed by atoms with Gasteiger partial charge >= 0.3 is 0 Å². The van der Waals surface area contributed by atoms with E-state index in [4.69, 9.17) is 11.6 Å².